The molecule has 0 saturated carbocycles. The first kappa shape index (κ1) is 21.4. The summed E-state index contributed by atoms with van der Waals surface area (Å²) in [7, 11) is 0. The van der Waals surface area contributed by atoms with Gasteiger partial charge in [-0.25, -0.2) is 9.59 Å². The molecule has 3 rings (SSSR count). The lowest BCUT2D eigenvalue weighted by Crippen LogP contribution is -2.65. The summed E-state index contributed by atoms with van der Waals surface area (Å²) in [5, 5.41) is 13.7. The second-order valence-electron chi connectivity index (χ2n) is 7.05. The second kappa shape index (κ2) is 8.23. The molecule has 1 aromatic carbocycles. The molecule has 0 aromatic heterocycles. The zero-order valence-electron chi connectivity index (χ0n) is 16.3. The van der Waals surface area contributed by atoms with Crippen molar-refractivity contribution in [1.29, 1.82) is 0 Å². The van der Waals surface area contributed by atoms with Gasteiger partial charge >= 0.3 is 12.1 Å². The summed E-state index contributed by atoms with van der Waals surface area (Å²) < 4.78 is 5.42. The topological polar surface area (TPSA) is 139 Å². The Kier molecular flexibility index (Phi) is 5.88. The molecule has 3 atom stereocenters. The molecule has 0 radical (unpaired) electrons. The first-order valence-electron chi connectivity index (χ1n) is 9.09. The van der Waals surface area contributed by atoms with E-state index in [1.807, 2.05) is 0 Å². The molecular formula is C20H21N3O6S. The van der Waals surface area contributed by atoms with E-state index in [4.69, 9.17) is 10.5 Å². The molecule has 10 heteroatoms. The Labute approximate surface area is 176 Å². The van der Waals surface area contributed by atoms with Gasteiger partial charge in [-0.05, 0) is 17.9 Å². The minimum atomic E-state index is -1.35. The molecule has 30 heavy (non-hydrogen) atoms. The number of ether oxygens (including phenoxy) is 1. The number of benzene rings is 1. The molecule has 3 amide bonds. The number of β-lactam (4-membered cyclic amide) rings is 1. The van der Waals surface area contributed by atoms with Crippen LogP contribution in [0.5, 0.6) is 0 Å². The Morgan fingerprint density at radius 3 is 2.57 bits per heavy atom. The van der Waals surface area contributed by atoms with Crippen molar-refractivity contribution >= 4 is 35.6 Å². The summed E-state index contributed by atoms with van der Waals surface area (Å²) in [6.07, 6.45) is 0.654. The highest BCUT2D eigenvalue weighted by atomic mass is 32.2. The highest BCUT2D eigenvalue weighted by Crippen LogP contribution is 2.53. The number of fused-ring (bicyclic) bond motifs is 1. The van der Waals surface area contributed by atoms with Gasteiger partial charge in [0.05, 0.1) is 6.04 Å². The van der Waals surface area contributed by atoms with Crippen LogP contribution < -0.4 is 11.1 Å². The van der Waals surface area contributed by atoms with Crippen molar-refractivity contribution in [1.82, 2.24) is 10.2 Å². The van der Waals surface area contributed by atoms with Crippen LogP contribution in [0.2, 0.25) is 0 Å². The number of carboxylic acid groups (broad SMARTS) is 1. The number of amides is 3. The molecule has 9 nitrogen and oxygen atoms in total. The molecule has 158 valence electrons. The van der Waals surface area contributed by atoms with Crippen molar-refractivity contribution in [3.8, 4) is 0 Å². The number of carbonyl (C=O) groups excluding carboxylic acids is 3. The van der Waals surface area contributed by atoms with Crippen molar-refractivity contribution < 1.29 is 29.0 Å². The normalized spacial score (nSPS) is 22.3. The van der Waals surface area contributed by atoms with Crippen molar-refractivity contribution in [2.24, 2.45) is 11.7 Å². The van der Waals surface area contributed by atoms with Gasteiger partial charge in [0, 0.05) is 24.4 Å². The van der Waals surface area contributed by atoms with Crippen molar-refractivity contribution in [3.05, 3.63) is 58.1 Å². The quantitative estimate of drug-likeness (QED) is 0.560. The number of nitrogens with zero attached hydrogens (tertiary/aromatic N) is 1. The number of nitrogens with two attached hydrogens (primary N) is 1. The van der Waals surface area contributed by atoms with Gasteiger partial charge in [-0.3, -0.25) is 9.59 Å². The smallest absolute Gasteiger partial charge is 0.405 e. The van der Waals surface area contributed by atoms with E-state index in [0.717, 1.165) is 11.8 Å². The molecule has 0 aliphatic carbocycles. The number of carboxylic acids is 1. The maximum absolute atomic E-state index is 13.0. The van der Waals surface area contributed by atoms with Gasteiger partial charge in [0.15, 0.2) is 0 Å². The number of hydrogen-bond donors (Lipinski definition) is 3. The fourth-order valence-electron chi connectivity index (χ4n) is 3.93. The average molecular weight is 431 g/mol. The van der Waals surface area contributed by atoms with Gasteiger partial charge in [0.2, 0.25) is 11.8 Å². The third kappa shape index (κ3) is 3.78. The van der Waals surface area contributed by atoms with Crippen LogP contribution >= 0.6 is 11.8 Å². The van der Waals surface area contributed by atoms with Crippen molar-refractivity contribution in [3.63, 3.8) is 0 Å². The predicted molar refractivity (Wildman–Crippen MR) is 108 cm³/mol. The van der Waals surface area contributed by atoms with E-state index in [1.54, 1.807) is 42.7 Å². The molecule has 2 heterocycles. The molecular weight excluding hydrogens is 410 g/mol. The zero-order valence-corrected chi connectivity index (χ0v) is 17.1. The van der Waals surface area contributed by atoms with E-state index in [0.29, 0.717) is 10.5 Å². The summed E-state index contributed by atoms with van der Waals surface area (Å²) in [5.74, 6) is -2.73. The fourth-order valence-corrected chi connectivity index (χ4v) is 4.79. The monoisotopic (exact) mass is 431 g/mol. The molecule has 0 spiro atoms. The highest BCUT2D eigenvalue weighted by Gasteiger charge is 2.63. The summed E-state index contributed by atoms with van der Waals surface area (Å²) in [5.41, 5.74) is 4.42. The Hall–Kier alpha value is -3.27. The van der Waals surface area contributed by atoms with Crippen LogP contribution in [-0.4, -0.2) is 39.9 Å². The number of rotatable bonds is 7. The summed E-state index contributed by atoms with van der Waals surface area (Å²) in [4.78, 5) is 49.1. The number of primary amides is 1. The number of carbonyl (C=O) groups is 4. The summed E-state index contributed by atoms with van der Waals surface area (Å²) in [6.45, 7) is 2.96. The molecule has 1 saturated heterocycles. The van der Waals surface area contributed by atoms with Gasteiger partial charge in [0.1, 0.15) is 17.2 Å². The van der Waals surface area contributed by atoms with Gasteiger partial charge < -0.3 is 25.8 Å². The van der Waals surface area contributed by atoms with Gasteiger partial charge in [0.25, 0.3) is 0 Å². The lowest BCUT2D eigenvalue weighted by atomic mass is 9.71. The number of hydrogen-bond acceptors (Lipinski definition) is 6. The fraction of sp³-hybridized carbons (Fsp3) is 0.300. The van der Waals surface area contributed by atoms with Crippen LogP contribution in [-0.2, 0) is 24.7 Å². The Morgan fingerprint density at radius 1 is 1.33 bits per heavy atom. The largest absolute Gasteiger partial charge is 0.477 e. The molecule has 1 fully saturated rings. The Balaban J connectivity index is 1.90. The standard InChI is InChI=1S/C20H21N3O6S/c1-11(24)22-8-9-30-14-10-13-15(17(25)23(13)16(14)18(26)27)20(2,29-19(21)28)12-6-4-3-5-7-12/h3-9,13,15H,10H2,1-2H3,(H2,21,28)(H,22,24)(H,26,27)/t13-,15-,20-/m1/s1. The van der Waals surface area contributed by atoms with Crippen LogP contribution in [0.4, 0.5) is 4.79 Å². The van der Waals surface area contributed by atoms with Crippen molar-refractivity contribution in [2.45, 2.75) is 31.9 Å². The van der Waals surface area contributed by atoms with Gasteiger partial charge in [-0.2, -0.15) is 0 Å². The lowest BCUT2D eigenvalue weighted by molar-refractivity contribution is -0.172. The van der Waals surface area contributed by atoms with E-state index in [9.17, 15) is 24.3 Å². The molecule has 2 aliphatic heterocycles. The van der Waals surface area contributed by atoms with Crippen LogP contribution in [0.15, 0.2) is 52.5 Å². The first-order valence-corrected chi connectivity index (χ1v) is 9.97. The minimum Gasteiger partial charge on any atom is -0.477 e. The van der Waals surface area contributed by atoms with Crippen LogP contribution in [0.3, 0.4) is 0 Å². The average Bonchev–Trinajstić information content (AvgIpc) is 2.99. The van der Waals surface area contributed by atoms with Gasteiger partial charge in [-0.1, -0.05) is 42.1 Å². The Morgan fingerprint density at radius 2 is 2.00 bits per heavy atom. The van der Waals surface area contributed by atoms with Gasteiger partial charge in [-0.15, -0.1) is 0 Å². The molecule has 0 unspecified atom stereocenters. The van der Waals surface area contributed by atoms with Crippen LogP contribution in [0.25, 0.3) is 0 Å². The SMILES string of the molecule is CC(=O)NC=CSC1=C(C(=O)O)N2C(=O)[C@H]([C@](C)(OC(N)=O)c3ccccc3)[C@H]2C1. The molecule has 4 N–H and O–H groups in total. The zero-order chi connectivity index (χ0) is 22.1. The van der Waals surface area contributed by atoms with E-state index in [2.05, 4.69) is 5.32 Å². The van der Waals surface area contributed by atoms with E-state index >= 15 is 0 Å². The molecule has 2 aliphatic rings. The maximum Gasteiger partial charge on any atom is 0.405 e. The summed E-state index contributed by atoms with van der Waals surface area (Å²) >= 11 is 1.11. The van der Waals surface area contributed by atoms with E-state index in [-0.39, 0.29) is 18.0 Å². The number of aliphatic carboxylic acids is 1. The third-order valence-corrected chi connectivity index (χ3v) is 6.06. The van der Waals surface area contributed by atoms with Crippen molar-refractivity contribution in [2.75, 3.05) is 0 Å². The third-order valence-electron chi connectivity index (χ3n) is 5.14. The minimum absolute atomic E-state index is 0.104. The number of thioether (sulfide) groups is 1. The lowest BCUT2D eigenvalue weighted by Gasteiger charge is -2.50. The number of nitrogens with one attached hydrogen (secondary N) is 1. The van der Waals surface area contributed by atoms with E-state index < -0.39 is 35.5 Å². The van der Waals surface area contributed by atoms with E-state index in [1.165, 1.54) is 18.0 Å². The highest BCUT2D eigenvalue weighted by molar-refractivity contribution is 8.05. The molecule has 1 aromatic rings. The van der Waals surface area contributed by atoms with Crippen LogP contribution in [0, 0.1) is 5.92 Å². The molecule has 0 bridgehead atoms. The Bertz CT molecular complexity index is 961. The predicted octanol–water partition coefficient (Wildman–Crippen LogP) is 1.86. The van der Waals surface area contributed by atoms with Crippen LogP contribution in [0.1, 0.15) is 25.8 Å². The maximum atomic E-state index is 13.0. The summed E-state index contributed by atoms with van der Waals surface area (Å²) in [6, 6.07) is 8.25. The first-order chi connectivity index (χ1) is 14.2. The second-order valence-corrected chi connectivity index (χ2v) is 8.05.